The number of benzene rings is 1. The van der Waals surface area contributed by atoms with Gasteiger partial charge < -0.3 is 19.3 Å². The molecule has 4 rings (SSSR count). The molecule has 2 atom stereocenters. The highest BCUT2D eigenvalue weighted by Crippen LogP contribution is 2.37. The van der Waals surface area contributed by atoms with Gasteiger partial charge in [-0.15, -0.1) is 0 Å². The Hall–Kier alpha value is -2.38. The number of fused-ring (bicyclic) bond motifs is 1. The van der Waals surface area contributed by atoms with Crippen LogP contribution in [0.2, 0.25) is 5.02 Å². The first kappa shape index (κ1) is 22.8. The number of pyridine rings is 1. The summed E-state index contributed by atoms with van der Waals surface area (Å²) in [5.41, 5.74) is 1.11. The molecular formula is C24H30ClN3O4. The number of carbonyl (C=O) groups excluding carboxylic acids is 2. The van der Waals surface area contributed by atoms with E-state index in [2.05, 4.69) is 4.98 Å². The number of halogens is 1. The molecule has 1 saturated carbocycles. The van der Waals surface area contributed by atoms with E-state index in [9.17, 15) is 9.59 Å². The Balaban J connectivity index is 1.54. The maximum absolute atomic E-state index is 13.6. The number of hydrogen-bond acceptors (Lipinski definition) is 5. The lowest BCUT2D eigenvalue weighted by Gasteiger charge is -2.38. The van der Waals surface area contributed by atoms with E-state index in [1.165, 1.54) is 0 Å². The number of amides is 2. The maximum Gasteiger partial charge on any atom is 0.410 e. The zero-order chi connectivity index (χ0) is 23.0. The van der Waals surface area contributed by atoms with E-state index in [0.717, 1.165) is 29.3 Å². The number of aromatic nitrogens is 1. The molecule has 172 valence electrons. The van der Waals surface area contributed by atoms with Crippen LogP contribution < -0.4 is 0 Å². The zero-order valence-corrected chi connectivity index (χ0v) is 19.8. The number of ether oxygens (including phenoxy) is 2. The first-order valence-corrected chi connectivity index (χ1v) is 11.5. The van der Waals surface area contributed by atoms with Crippen molar-refractivity contribution in [2.75, 3.05) is 19.7 Å². The van der Waals surface area contributed by atoms with Crippen LogP contribution in [0.25, 0.3) is 10.9 Å². The van der Waals surface area contributed by atoms with Gasteiger partial charge in [-0.3, -0.25) is 9.78 Å². The summed E-state index contributed by atoms with van der Waals surface area (Å²) in [6, 6.07) is 7.75. The molecule has 1 aromatic carbocycles. The fourth-order valence-electron chi connectivity index (χ4n) is 4.07. The van der Waals surface area contributed by atoms with E-state index < -0.39 is 17.8 Å². The Morgan fingerprint density at radius 3 is 2.75 bits per heavy atom. The van der Waals surface area contributed by atoms with Gasteiger partial charge >= 0.3 is 6.09 Å². The quantitative estimate of drug-likeness (QED) is 0.669. The predicted molar refractivity (Wildman–Crippen MR) is 123 cm³/mol. The van der Waals surface area contributed by atoms with Crippen molar-refractivity contribution in [3.05, 3.63) is 41.0 Å². The van der Waals surface area contributed by atoms with Gasteiger partial charge in [-0.1, -0.05) is 17.7 Å². The maximum atomic E-state index is 13.6. The molecule has 2 amide bonds. The van der Waals surface area contributed by atoms with Gasteiger partial charge in [0.25, 0.3) is 5.91 Å². The summed E-state index contributed by atoms with van der Waals surface area (Å²) in [5, 5.41) is 1.51. The van der Waals surface area contributed by atoms with Crippen molar-refractivity contribution in [2.45, 2.75) is 64.3 Å². The van der Waals surface area contributed by atoms with Gasteiger partial charge in [0.05, 0.1) is 29.7 Å². The largest absolute Gasteiger partial charge is 0.444 e. The van der Waals surface area contributed by atoms with Crippen molar-refractivity contribution in [3.8, 4) is 0 Å². The Bertz CT molecular complexity index is 1020. The van der Waals surface area contributed by atoms with Gasteiger partial charge in [-0.25, -0.2) is 4.79 Å². The second kappa shape index (κ2) is 8.87. The molecule has 1 aliphatic heterocycles. The molecule has 0 radical (unpaired) electrons. The molecule has 32 heavy (non-hydrogen) atoms. The highest BCUT2D eigenvalue weighted by atomic mass is 35.5. The molecule has 1 aliphatic carbocycles. The lowest BCUT2D eigenvalue weighted by Crippen LogP contribution is -2.54. The first-order chi connectivity index (χ1) is 15.1. The van der Waals surface area contributed by atoms with Crippen LogP contribution in [0.3, 0.4) is 0 Å². The molecule has 0 bridgehead atoms. The molecule has 0 spiro atoms. The topological polar surface area (TPSA) is 72.0 Å². The SMILES string of the molecule is C[C@@H](c1cc(Cl)c2ncccc2c1)N(C(=O)[C@H]1CN(C(=O)OC(C)(C)C)CCO1)C1CC1. The van der Waals surface area contributed by atoms with Crippen LogP contribution in [-0.2, 0) is 14.3 Å². The van der Waals surface area contributed by atoms with Crippen LogP contribution in [0.1, 0.15) is 52.1 Å². The van der Waals surface area contributed by atoms with Gasteiger partial charge in [0.1, 0.15) is 5.60 Å². The van der Waals surface area contributed by atoms with E-state index in [4.69, 9.17) is 21.1 Å². The standard InChI is InChI=1S/C24H30ClN3O4/c1-15(17-12-16-6-5-9-26-21(16)19(25)13-17)28(18-7-8-18)22(29)20-14-27(10-11-31-20)23(30)32-24(2,3)4/h5-6,9,12-13,15,18,20H,7-8,10-11,14H2,1-4H3/t15-,20+/m0/s1. The molecular weight excluding hydrogens is 430 g/mol. The highest BCUT2D eigenvalue weighted by Gasteiger charge is 2.42. The summed E-state index contributed by atoms with van der Waals surface area (Å²) in [7, 11) is 0. The van der Waals surface area contributed by atoms with Crippen LogP contribution in [0.4, 0.5) is 4.79 Å². The van der Waals surface area contributed by atoms with Gasteiger partial charge in [0, 0.05) is 24.2 Å². The Labute approximate surface area is 193 Å². The van der Waals surface area contributed by atoms with E-state index in [-0.39, 0.29) is 24.5 Å². The van der Waals surface area contributed by atoms with Crippen LogP contribution in [0.15, 0.2) is 30.5 Å². The Kier molecular flexibility index (Phi) is 6.32. The Morgan fingerprint density at radius 1 is 1.31 bits per heavy atom. The van der Waals surface area contributed by atoms with Crippen molar-refractivity contribution in [1.29, 1.82) is 0 Å². The smallest absolute Gasteiger partial charge is 0.410 e. The highest BCUT2D eigenvalue weighted by molar-refractivity contribution is 6.35. The van der Waals surface area contributed by atoms with Crippen LogP contribution >= 0.6 is 11.6 Å². The monoisotopic (exact) mass is 459 g/mol. The fraction of sp³-hybridized carbons (Fsp3) is 0.542. The minimum absolute atomic E-state index is 0.101. The average molecular weight is 460 g/mol. The molecule has 2 aliphatic rings. The van der Waals surface area contributed by atoms with E-state index in [0.29, 0.717) is 18.2 Å². The van der Waals surface area contributed by atoms with Gasteiger partial charge in [-0.2, -0.15) is 0 Å². The number of carbonyl (C=O) groups is 2. The number of nitrogens with zero attached hydrogens (tertiary/aromatic N) is 3. The first-order valence-electron chi connectivity index (χ1n) is 11.1. The molecule has 2 fully saturated rings. The fourth-order valence-corrected chi connectivity index (χ4v) is 4.35. The summed E-state index contributed by atoms with van der Waals surface area (Å²) in [4.78, 5) is 33.9. The molecule has 2 aromatic rings. The third kappa shape index (κ3) is 4.99. The minimum atomic E-state index is -0.711. The second-order valence-electron chi connectivity index (χ2n) is 9.52. The zero-order valence-electron chi connectivity index (χ0n) is 19.0. The Morgan fingerprint density at radius 2 is 2.06 bits per heavy atom. The van der Waals surface area contributed by atoms with Crippen LogP contribution in [0, 0.1) is 0 Å². The lowest BCUT2D eigenvalue weighted by molar-refractivity contribution is -0.151. The molecule has 1 aromatic heterocycles. The third-order valence-corrected chi connectivity index (χ3v) is 6.06. The van der Waals surface area contributed by atoms with E-state index >= 15 is 0 Å². The van der Waals surface area contributed by atoms with E-state index in [1.807, 2.05) is 56.9 Å². The van der Waals surface area contributed by atoms with E-state index in [1.54, 1.807) is 11.1 Å². The number of rotatable bonds is 4. The molecule has 0 N–H and O–H groups in total. The van der Waals surface area contributed by atoms with Crippen molar-refractivity contribution in [3.63, 3.8) is 0 Å². The summed E-state index contributed by atoms with van der Waals surface area (Å²) in [5.74, 6) is -0.101. The normalized spacial score (nSPS) is 20.2. The summed E-state index contributed by atoms with van der Waals surface area (Å²) in [6.45, 7) is 8.39. The molecule has 8 heteroatoms. The van der Waals surface area contributed by atoms with Gasteiger partial charge in [0.15, 0.2) is 6.10 Å². The summed E-state index contributed by atoms with van der Waals surface area (Å²) >= 11 is 6.49. The van der Waals surface area contributed by atoms with Crippen LogP contribution in [-0.4, -0.2) is 64.2 Å². The summed E-state index contributed by atoms with van der Waals surface area (Å²) < 4.78 is 11.3. The van der Waals surface area contributed by atoms with Crippen LogP contribution in [0.5, 0.6) is 0 Å². The minimum Gasteiger partial charge on any atom is -0.444 e. The second-order valence-corrected chi connectivity index (χ2v) is 9.92. The molecule has 1 saturated heterocycles. The van der Waals surface area contributed by atoms with Crippen molar-refractivity contribution in [1.82, 2.24) is 14.8 Å². The van der Waals surface area contributed by atoms with Gasteiger partial charge in [-0.05, 0) is 64.3 Å². The predicted octanol–water partition coefficient (Wildman–Crippen LogP) is 4.58. The third-order valence-electron chi connectivity index (χ3n) is 5.77. The molecule has 7 nitrogen and oxygen atoms in total. The lowest BCUT2D eigenvalue weighted by atomic mass is 10.0. The van der Waals surface area contributed by atoms with Gasteiger partial charge in [0.2, 0.25) is 0 Å². The van der Waals surface area contributed by atoms with Crippen molar-refractivity contribution < 1.29 is 19.1 Å². The average Bonchev–Trinajstić information content (AvgIpc) is 3.57. The molecule has 0 unspecified atom stereocenters. The van der Waals surface area contributed by atoms with Crippen molar-refractivity contribution in [2.24, 2.45) is 0 Å². The number of hydrogen-bond donors (Lipinski definition) is 0. The number of morpholine rings is 1. The van der Waals surface area contributed by atoms with Crippen molar-refractivity contribution >= 4 is 34.5 Å². The summed E-state index contributed by atoms with van der Waals surface area (Å²) in [6.07, 6.45) is 2.51. The molecule has 2 heterocycles.